The molecule has 0 saturated heterocycles. The minimum Gasteiger partial charge on any atom is -0.478 e. The lowest BCUT2D eigenvalue weighted by Crippen LogP contribution is -2.01. The molecule has 0 aliphatic heterocycles. The van der Waals surface area contributed by atoms with E-state index in [-0.39, 0.29) is 5.56 Å². The number of anilines is 1. The minimum absolute atomic E-state index is 0.241. The molecule has 0 radical (unpaired) electrons. The molecule has 0 saturated carbocycles. The smallest absolute Gasteiger partial charge is 0.335 e. The van der Waals surface area contributed by atoms with Crippen molar-refractivity contribution in [2.24, 2.45) is 0 Å². The van der Waals surface area contributed by atoms with Gasteiger partial charge in [0.25, 0.3) is 0 Å². The second-order valence-electron chi connectivity index (χ2n) is 4.98. The quantitative estimate of drug-likeness (QED) is 0.777. The third kappa shape index (κ3) is 2.33. The van der Waals surface area contributed by atoms with Crippen molar-refractivity contribution in [1.29, 1.82) is 0 Å². The maximum absolute atomic E-state index is 10.9. The molecule has 2 aromatic carbocycles. The molecule has 22 heavy (non-hydrogen) atoms. The Balaban J connectivity index is 2.07. The van der Waals surface area contributed by atoms with Gasteiger partial charge in [0.1, 0.15) is 5.69 Å². The maximum Gasteiger partial charge on any atom is 0.335 e. The molecule has 1 aromatic heterocycles. The first kappa shape index (κ1) is 13.9. The highest BCUT2D eigenvalue weighted by Crippen LogP contribution is 2.29. The van der Waals surface area contributed by atoms with E-state index >= 15 is 0 Å². The molecule has 3 N–H and O–H groups in total. The molecule has 0 aliphatic rings. The van der Waals surface area contributed by atoms with E-state index < -0.39 is 5.97 Å². The van der Waals surface area contributed by atoms with Crippen LogP contribution in [-0.4, -0.2) is 20.9 Å². The van der Waals surface area contributed by atoms with E-state index in [9.17, 15) is 4.79 Å². The van der Waals surface area contributed by atoms with Crippen LogP contribution in [-0.2, 0) is 0 Å². The lowest BCUT2D eigenvalue weighted by Gasteiger charge is -2.04. The predicted octanol–water partition coefficient (Wildman–Crippen LogP) is 3.13. The van der Waals surface area contributed by atoms with Crippen molar-refractivity contribution in [3.63, 3.8) is 0 Å². The summed E-state index contributed by atoms with van der Waals surface area (Å²) in [6, 6.07) is 16.3. The van der Waals surface area contributed by atoms with Crippen LogP contribution in [0.4, 0.5) is 5.69 Å². The second-order valence-corrected chi connectivity index (χ2v) is 4.98. The first-order chi connectivity index (χ1) is 10.6. The summed E-state index contributed by atoms with van der Waals surface area (Å²) in [5.74, 6) is -0.951. The fraction of sp³-hybridized carbons (Fsp3) is 0.0588. The number of aromatic nitrogens is 2. The molecule has 3 rings (SSSR count). The van der Waals surface area contributed by atoms with E-state index in [2.05, 4.69) is 5.10 Å². The van der Waals surface area contributed by atoms with Gasteiger partial charge in [-0.15, -0.1) is 0 Å². The predicted molar refractivity (Wildman–Crippen MR) is 85.1 cm³/mol. The molecule has 110 valence electrons. The van der Waals surface area contributed by atoms with Crippen LogP contribution >= 0.6 is 0 Å². The average molecular weight is 293 g/mol. The van der Waals surface area contributed by atoms with Crippen LogP contribution in [0, 0.1) is 6.92 Å². The van der Waals surface area contributed by atoms with Gasteiger partial charge in [0.15, 0.2) is 0 Å². The highest BCUT2D eigenvalue weighted by molar-refractivity contribution is 5.87. The number of nitrogens with zero attached hydrogens (tertiary/aromatic N) is 2. The second kappa shape index (κ2) is 5.37. The van der Waals surface area contributed by atoms with Gasteiger partial charge < -0.3 is 10.8 Å². The zero-order valence-electron chi connectivity index (χ0n) is 12.0. The number of carboxylic acids is 1. The van der Waals surface area contributed by atoms with E-state index in [0.29, 0.717) is 5.69 Å². The molecule has 0 fully saturated rings. The van der Waals surface area contributed by atoms with Crippen molar-refractivity contribution in [2.75, 3.05) is 5.73 Å². The van der Waals surface area contributed by atoms with Gasteiger partial charge >= 0.3 is 5.97 Å². The Morgan fingerprint density at radius 2 is 1.73 bits per heavy atom. The van der Waals surface area contributed by atoms with Gasteiger partial charge in [-0.2, -0.15) is 5.10 Å². The van der Waals surface area contributed by atoms with Crippen molar-refractivity contribution in [2.45, 2.75) is 6.92 Å². The summed E-state index contributed by atoms with van der Waals surface area (Å²) in [6.45, 7) is 1.89. The number of nitrogen functional groups attached to an aromatic ring is 1. The third-order valence-electron chi connectivity index (χ3n) is 3.57. The van der Waals surface area contributed by atoms with Gasteiger partial charge in [-0.25, -0.2) is 9.48 Å². The van der Waals surface area contributed by atoms with Gasteiger partial charge in [0.05, 0.1) is 22.6 Å². The lowest BCUT2D eigenvalue weighted by atomic mass is 10.1. The number of carboxylic acid groups (broad SMARTS) is 1. The molecule has 0 bridgehead atoms. The number of rotatable bonds is 3. The molecule has 3 aromatic rings. The van der Waals surface area contributed by atoms with Crippen LogP contribution in [0.15, 0.2) is 54.6 Å². The SMILES string of the molecule is Cc1c(N)c(-c2ccccc2)nn1-c1ccc(C(=O)O)cc1. The first-order valence-electron chi connectivity index (χ1n) is 6.82. The summed E-state index contributed by atoms with van der Waals surface area (Å²) in [4.78, 5) is 10.9. The van der Waals surface area contributed by atoms with Crippen molar-refractivity contribution in [1.82, 2.24) is 9.78 Å². The largest absolute Gasteiger partial charge is 0.478 e. The monoisotopic (exact) mass is 293 g/mol. The van der Waals surface area contributed by atoms with Crippen LogP contribution in [0.5, 0.6) is 0 Å². The number of hydrogen-bond donors (Lipinski definition) is 2. The molecule has 5 heteroatoms. The summed E-state index contributed by atoms with van der Waals surface area (Å²) in [5.41, 5.74) is 10.3. The van der Waals surface area contributed by atoms with Crippen LogP contribution in [0.3, 0.4) is 0 Å². The molecule has 0 amide bonds. The van der Waals surface area contributed by atoms with Gasteiger partial charge in [-0.1, -0.05) is 30.3 Å². The van der Waals surface area contributed by atoms with Crippen LogP contribution in [0.2, 0.25) is 0 Å². The standard InChI is InChI=1S/C17H15N3O2/c1-11-15(18)16(12-5-3-2-4-6-12)19-20(11)14-9-7-13(8-10-14)17(21)22/h2-10H,18H2,1H3,(H,21,22). The van der Waals surface area contributed by atoms with Gasteiger partial charge in [0, 0.05) is 5.56 Å². The van der Waals surface area contributed by atoms with Crippen molar-refractivity contribution < 1.29 is 9.90 Å². The van der Waals surface area contributed by atoms with E-state index in [4.69, 9.17) is 10.8 Å². The Hall–Kier alpha value is -3.08. The van der Waals surface area contributed by atoms with Gasteiger partial charge in [-0.3, -0.25) is 0 Å². The summed E-state index contributed by atoms with van der Waals surface area (Å²) < 4.78 is 1.73. The maximum atomic E-state index is 10.9. The average Bonchev–Trinajstić information content (AvgIpc) is 2.84. The van der Waals surface area contributed by atoms with Gasteiger partial charge in [0.2, 0.25) is 0 Å². The minimum atomic E-state index is -0.951. The lowest BCUT2D eigenvalue weighted by molar-refractivity contribution is 0.0697. The first-order valence-corrected chi connectivity index (χ1v) is 6.82. The Morgan fingerprint density at radius 3 is 2.32 bits per heavy atom. The zero-order chi connectivity index (χ0) is 15.7. The number of hydrogen-bond acceptors (Lipinski definition) is 3. The van der Waals surface area contributed by atoms with Crippen LogP contribution in [0.25, 0.3) is 16.9 Å². The molecule has 0 atom stereocenters. The molecule has 1 heterocycles. The normalized spacial score (nSPS) is 10.6. The van der Waals surface area contributed by atoms with Crippen molar-refractivity contribution >= 4 is 11.7 Å². The van der Waals surface area contributed by atoms with Crippen molar-refractivity contribution in [3.8, 4) is 16.9 Å². The number of benzene rings is 2. The molecular formula is C17H15N3O2. The Bertz CT molecular complexity index is 821. The van der Waals surface area contributed by atoms with E-state index in [1.807, 2.05) is 37.3 Å². The van der Waals surface area contributed by atoms with E-state index in [1.54, 1.807) is 28.9 Å². The Kier molecular flexibility index (Phi) is 3.39. The molecule has 0 aliphatic carbocycles. The highest BCUT2D eigenvalue weighted by Gasteiger charge is 2.14. The fourth-order valence-corrected chi connectivity index (χ4v) is 2.32. The van der Waals surface area contributed by atoms with Gasteiger partial charge in [-0.05, 0) is 31.2 Å². The van der Waals surface area contributed by atoms with E-state index in [1.165, 1.54) is 0 Å². The molecule has 5 nitrogen and oxygen atoms in total. The third-order valence-corrected chi connectivity index (χ3v) is 3.57. The summed E-state index contributed by atoms with van der Waals surface area (Å²) >= 11 is 0. The number of carbonyl (C=O) groups is 1. The molecule has 0 unspecified atom stereocenters. The summed E-state index contributed by atoms with van der Waals surface area (Å²) in [5, 5.41) is 13.5. The molecule has 0 spiro atoms. The van der Waals surface area contributed by atoms with Crippen LogP contribution in [0.1, 0.15) is 16.1 Å². The zero-order valence-corrected chi connectivity index (χ0v) is 12.0. The number of aromatic carboxylic acids is 1. The number of nitrogens with two attached hydrogens (primary N) is 1. The fourth-order valence-electron chi connectivity index (χ4n) is 2.32. The topological polar surface area (TPSA) is 81.1 Å². The Labute approximate surface area is 127 Å². The molecular weight excluding hydrogens is 278 g/mol. The Morgan fingerprint density at radius 1 is 1.09 bits per heavy atom. The van der Waals surface area contributed by atoms with E-state index in [0.717, 1.165) is 22.6 Å². The summed E-state index contributed by atoms with van der Waals surface area (Å²) in [7, 11) is 0. The van der Waals surface area contributed by atoms with Crippen molar-refractivity contribution in [3.05, 3.63) is 65.9 Å². The summed E-state index contributed by atoms with van der Waals surface area (Å²) in [6.07, 6.45) is 0. The van der Waals surface area contributed by atoms with Crippen LogP contribution < -0.4 is 5.73 Å². The highest BCUT2D eigenvalue weighted by atomic mass is 16.4.